The first kappa shape index (κ1) is 29.6. The molecule has 0 bridgehead atoms. The van der Waals surface area contributed by atoms with E-state index in [1.165, 1.54) is 0 Å². The lowest BCUT2D eigenvalue weighted by Gasteiger charge is -2.34. The number of unbranched alkanes of at least 4 members (excludes halogenated alkanes) is 1. The Bertz CT molecular complexity index is 1520. The number of amides is 2. The molecule has 3 aromatic carbocycles. The van der Waals surface area contributed by atoms with Crippen LogP contribution in [-0.4, -0.2) is 47.1 Å². The number of fused-ring (bicyclic) bond motifs is 2. The third kappa shape index (κ3) is 5.86. The van der Waals surface area contributed by atoms with E-state index < -0.39 is 12.1 Å². The molecule has 42 heavy (non-hydrogen) atoms. The Balaban J connectivity index is 1.59. The number of carbonyl (C=O) groups excluding carboxylic acids is 2. The van der Waals surface area contributed by atoms with Crippen LogP contribution in [0.1, 0.15) is 74.0 Å². The van der Waals surface area contributed by atoms with Gasteiger partial charge in [0.1, 0.15) is 6.04 Å². The van der Waals surface area contributed by atoms with Crippen LogP contribution in [0, 0.1) is 5.92 Å². The predicted molar refractivity (Wildman–Crippen MR) is 169 cm³/mol. The van der Waals surface area contributed by atoms with Crippen LogP contribution >= 0.6 is 0 Å². The number of ether oxygens (including phenoxy) is 1. The zero-order valence-corrected chi connectivity index (χ0v) is 25.3. The first-order valence-corrected chi connectivity index (χ1v) is 15.3. The molecule has 1 aliphatic heterocycles. The maximum absolute atomic E-state index is 14.3. The number of nitrogens with zero attached hydrogens (tertiary/aromatic N) is 2. The van der Waals surface area contributed by atoms with Gasteiger partial charge in [0.2, 0.25) is 5.91 Å². The number of carbonyl (C=O) groups is 2. The van der Waals surface area contributed by atoms with Crippen molar-refractivity contribution in [2.24, 2.45) is 13.0 Å². The summed E-state index contributed by atoms with van der Waals surface area (Å²) >= 11 is 0. The van der Waals surface area contributed by atoms with E-state index in [9.17, 15) is 9.59 Å². The maximum Gasteiger partial charge on any atom is 0.255 e. The van der Waals surface area contributed by atoms with E-state index in [4.69, 9.17) is 4.74 Å². The minimum Gasteiger partial charge on any atom is -0.381 e. The number of hydrogen-bond acceptors (Lipinski definition) is 3. The van der Waals surface area contributed by atoms with Crippen LogP contribution < -0.4 is 5.32 Å². The molecule has 220 valence electrons. The zero-order valence-electron chi connectivity index (χ0n) is 25.3. The van der Waals surface area contributed by atoms with E-state index >= 15 is 0 Å². The number of benzene rings is 3. The van der Waals surface area contributed by atoms with E-state index in [0.29, 0.717) is 25.1 Å². The smallest absolute Gasteiger partial charge is 0.255 e. The van der Waals surface area contributed by atoms with Gasteiger partial charge in [-0.15, -0.1) is 0 Å². The van der Waals surface area contributed by atoms with Crippen molar-refractivity contribution in [1.29, 1.82) is 0 Å². The summed E-state index contributed by atoms with van der Waals surface area (Å²) in [5.41, 5.74) is 5.90. The highest BCUT2D eigenvalue weighted by Crippen LogP contribution is 2.47. The summed E-state index contributed by atoms with van der Waals surface area (Å²) in [4.78, 5) is 30.1. The van der Waals surface area contributed by atoms with Gasteiger partial charge in [0.05, 0.1) is 11.7 Å². The van der Waals surface area contributed by atoms with E-state index in [1.54, 1.807) is 0 Å². The summed E-state index contributed by atoms with van der Waals surface area (Å²) in [6, 6.07) is 25.5. The van der Waals surface area contributed by atoms with Gasteiger partial charge < -0.3 is 19.5 Å². The van der Waals surface area contributed by atoms with Gasteiger partial charge in [-0.3, -0.25) is 9.59 Å². The lowest BCUT2D eigenvalue weighted by Crippen LogP contribution is -2.49. The molecule has 1 aromatic heterocycles. The van der Waals surface area contributed by atoms with Crippen LogP contribution in [0.2, 0.25) is 0 Å². The van der Waals surface area contributed by atoms with E-state index in [0.717, 1.165) is 59.2 Å². The lowest BCUT2D eigenvalue weighted by atomic mass is 9.91. The third-order valence-electron chi connectivity index (χ3n) is 8.21. The highest BCUT2D eigenvalue weighted by Gasteiger charge is 2.46. The molecule has 2 heterocycles. The quantitative estimate of drug-likeness (QED) is 0.176. The van der Waals surface area contributed by atoms with Crippen molar-refractivity contribution in [3.05, 3.63) is 95.6 Å². The average Bonchev–Trinajstić information content (AvgIpc) is 3.46. The van der Waals surface area contributed by atoms with Crippen LogP contribution in [0.15, 0.2) is 78.9 Å². The second kappa shape index (κ2) is 13.4. The van der Waals surface area contributed by atoms with Gasteiger partial charge in [-0.05, 0) is 48.4 Å². The van der Waals surface area contributed by atoms with Gasteiger partial charge in [0.15, 0.2) is 0 Å². The number of para-hydroxylation sites is 1. The highest BCUT2D eigenvalue weighted by atomic mass is 16.5. The molecule has 5 rings (SSSR count). The van der Waals surface area contributed by atoms with E-state index in [1.807, 2.05) is 53.4 Å². The third-order valence-corrected chi connectivity index (χ3v) is 8.21. The molecule has 2 atom stereocenters. The SMILES string of the molecule is CCCCOCCCNC(=O)C(CC(C)C)N1C(=O)c2ccccc2C1c1c(-c2ccccc2)n(C)c2ccccc12. The van der Waals surface area contributed by atoms with Gasteiger partial charge in [0, 0.05) is 48.8 Å². The maximum atomic E-state index is 14.3. The number of rotatable bonds is 13. The second-order valence-corrected chi connectivity index (χ2v) is 11.7. The molecular formula is C36H43N3O3. The van der Waals surface area contributed by atoms with Gasteiger partial charge >= 0.3 is 0 Å². The molecule has 1 aliphatic rings. The van der Waals surface area contributed by atoms with Crippen LogP contribution in [0.4, 0.5) is 0 Å². The summed E-state index contributed by atoms with van der Waals surface area (Å²) < 4.78 is 7.92. The minimum absolute atomic E-state index is 0.0914. The number of nitrogens with one attached hydrogen (secondary N) is 1. The minimum atomic E-state index is -0.612. The second-order valence-electron chi connectivity index (χ2n) is 11.7. The van der Waals surface area contributed by atoms with Gasteiger partial charge in [-0.25, -0.2) is 0 Å². The molecule has 0 saturated heterocycles. The van der Waals surface area contributed by atoms with Crippen molar-refractivity contribution in [1.82, 2.24) is 14.8 Å². The molecule has 0 spiro atoms. The number of hydrogen-bond donors (Lipinski definition) is 1. The molecule has 0 fully saturated rings. The molecule has 1 N–H and O–H groups in total. The fraction of sp³-hybridized carbons (Fsp3) is 0.389. The normalized spacial score (nSPS) is 15.4. The summed E-state index contributed by atoms with van der Waals surface area (Å²) in [6.07, 6.45) is 3.45. The van der Waals surface area contributed by atoms with Crippen LogP contribution in [0.25, 0.3) is 22.2 Å². The molecule has 2 unspecified atom stereocenters. The van der Waals surface area contributed by atoms with Crippen molar-refractivity contribution in [2.75, 3.05) is 19.8 Å². The Morgan fingerprint density at radius 2 is 1.62 bits per heavy atom. The summed E-state index contributed by atoms with van der Waals surface area (Å²) in [5, 5.41) is 4.24. The standard InChI is InChI=1S/C36H43N3O3/c1-5-6-22-42-23-14-21-37-35(40)31(24-25(2)3)39-34(27-17-10-11-18-28(27)36(39)41)32-29-19-12-13-20-30(29)38(4)33(32)26-15-8-7-9-16-26/h7-13,15-20,25,31,34H,5-6,14,21-24H2,1-4H3,(H,37,40). The first-order chi connectivity index (χ1) is 20.4. The van der Waals surface area contributed by atoms with Crippen molar-refractivity contribution in [3.63, 3.8) is 0 Å². The van der Waals surface area contributed by atoms with Crippen LogP contribution in [-0.2, 0) is 16.6 Å². The molecule has 6 heteroatoms. The van der Waals surface area contributed by atoms with Crippen molar-refractivity contribution < 1.29 is 14.3 Å². The Hall–Kier alpha value is -3.90. The van der Waals surface area contributed by atoms with Crippen molar-refractivity contribution in [2.45, 2.75) is 58.5 Å². The predicted octanol–water partition coefficient (Wildman–Crippen LogP) is 7.13. The fourth-order valence-electron chi connectivity index (χ4n) is 6.24. The summed E-state index contributed by atoms with van der Waals surface area (Å²) in [6.45, 7) is 8.24. The molecule has 6 nitrogen and oxygen atoms in total. The number of aromatic nitrogens is 1. The van der Waals surface area contributed by atoms with Gasteiger partial charge in [-0.2, -0.15) is 0 Å². The molecule has 0 saturated carbocycles. The van der Waals surface area contributed by atoms with E-state index in [2.05, 4.69) is 68.0 Å². The van der Waals surface area contributed by atoms with Gasteiger partial charge in [0.25, 0.3) is 5.91 Å². The first-order valence-electron chi connectivity index (χ1n) is 15.3. The molecule has 0 radical (unpaired) electrons. The molecule has 4 aromatic rings. The largest absolute Gasteiger partial charge is 0.381 e. The fourth-order valence-corrected chi connectivity index (χ4v) is 6.24. The van der Waals surface area contributed by atoms with Crippen LogP contribution in [0.5, 0.6) is 0 Å². The van der Waals surface area contributed by atoms with Crippen molar-refractivity contribution >= 4 is 22.7 Å². The average molecular weight is 566 g/mol. The Kier molecular flexibility index (Phi) is 9.43. The Morgan fingerprint density at radius 3 is 2.38 bits per heavy atom. The van der Waals surface area contributed by atoms with Crippen molar-refractivity contribution in [3.8, 4) is 11.3 Å². The Morgan fingerprint density at radius 1 is 0.929 bits per heavy atom. The molecular weight excluding hydrogens is 522 g/mol. The Labute approximate surface area is 249 Å². The lowest BCUT2D eigenvalue weighted by molar-refractivity contribution is -0.126. The van der Waals surface area contributed by atoms with Gasteiger partial charge in [-0.1, -0.05) is 93.9 Å². The molecule has 2 amide bonds. The zero-order chi connectivity index (χ0) is 29.6. The summed E-state index contributed by atoms with van der Waals surface area (Å²) in [5.74, 6) is 0.0209. The highest BCUT2D eigenvalue weighted by molar-refractivity contribution is 6.04. The summed E-state index contributed by atoms with van der Waals surface area (Å²) in [7, 11) is 2.09. The van der Waals surface area contributed by atoms with E-state index in [-0.39, 0.29) is 17.7 Å². The van der Waals surface area contributed by atoms with Crippen LogP contribution in [0.3, 0.4) is 0 Å². The topological polar surface area (TPSA) is 63.6 Å². The molecule has 0 aliphatic carbocycles. The monoisotopic (exact) mass is 565 g/mol. The number of aryl methyl sites for hydroxylation is 1.